The van der Waals surface area contributed by atoms with Crippen molar-refractivity contribution in [3.8, 4) is 0 Å². The van der Waals surface area contributed by atoms with E-state index in [1.807, 2.05) is 0 Å². The summed E-state index contributed by atoms with van der Waals surface area (Å²) in [5.41, 5.74) is 2.63. The van der Waals surface area contributed by atoms with Crippen LogP contribution in [0.25, 0.3) is 0 Å². The number of rotatable bonds is 4. The van der Waals surface area contributed by atoms with E-state index in [1.165, 1.54) is 37.5 Å². The number of ether oxygens (including phenoxy) is 1. The van der Waals surface area contributed by atoms with Gasteiger partial charge in [-0.1, -0.05) is 60.7 Å². The van der Waals surface area contributed by atoms with Gasteiger partial charge in [-0.25, -0.2) is 0 Å². The summed E-state index contributed by atoms with van der Waals surface area (Å²) in [4.78, 5) is 12.6. The molecule has 4 rings (SSSR count). The van der Waals surface area contributed by atoms with Gasteiger partial charge in [-0.3, -0.25) is 4.79 Å². The Morgan fingerprint density at radius 1 is 0.917 bits per heavy atom. The summed E-state index contributed by atoms with van der Waals surface area (Å²) in [5, 5.41) is 0. The third-order valence-electron chi connectivity index (χ3n) is 6.16. The van der Waals surface area contributed by atoms with Crippen molar-refractivity contribution in [2.75, 3.05) is 7.11 Å². The van der Waals surface area contributed by atoms with Gasteiger partial charge in [0.2, 0.25) is 0 Å². The van der Waals surface area contributed by atoms with Gasteiger partial charge in [-0.15, -0.1) is 0 Å². The van der Waals surface area contributed by atoms with Gasteiger partial charge in [0, 0.05) is 5.92 Å². The van der Waals surface area contributed by atoms with Gasteiger partial charge < -0.3 is 4.74 Å². The van der Waals surface area contributed by atoms with Crippen LogP contribution in [0, 0.1) is 23.7 Å². The van der Waals surface area contributed by atoms with Gasteiger partial charge in [-0.05, 0) is 48.1 Å². The highest BCUT2D eigenvalue weighted by Gasteiger charge is 2.54. The maximum Gasteiger partial charge on any atom is 0.309 e. The number of methoxy groups -OCH3 is 1. The molecular weight excluding hydrogens is 296 g/mol. The van der Waals surface area contributed by atoms with E-state index in [-0.39, 0.29) is 17.8 Å². The van der Waals surface area contributed by atoms with Crippen LogP contribution in [0.3, 0.4) is 0 Å². The van der Waals surface area contributed by atoms with E-state index in [2.05, 4.69) is 60.7 Å². The second-order valence-electron chi connectivity index (χ2n) is 7.26. The van der Waals surface area contributed by atoms with Crippen molar-refractivity contribution in [1.82, 2.24) is 0 Å². The fourth-order valence-corrected chi connectivity index (χ4v) is 5.26. The molecular formula is C22H24O2. The number of carbonyl (C=O) groups excluding carboxylic acids is 1. The van der Waals surface area contributed by atoms with Gasteiger partial charge in [0.1, 0.15) is 0 Å². The van der Waals surface area contributed by atoms with Crippen molar-refractivity contribution in [1.29, 1.82) is 0 Å². The topological polar surface area (TPSA) is 26.3 Å². The summed E-state index contributed by atoms with van der Waals surface area (Å²) in [7, 11) is 1.53. The molecule has 2 bridgehead atoms. The summed E-state index contributed by atoms with van der Waals surface area (Å²) in [6, 6.07) is 21.4. The van der Waals surface area contributed by atoms with Crippen LogP contribution in [0.4, 0.5) is 0 Å². The molecule has 2 aromatic rings. The first-order valence-electron chi connectivity index (χ1n) is 8.97. The molecule has 2 aliphatic rings. The molecule has 0 radical (unpaired) electrons. The first-order chi connectivity index (χ1) is 11.8. The van der Waals surface area contributed by atoms with Crippen LogP contribution in [0.2, 0.25) is 0 Å². The molecule has 2 fully saturated rings. The number of benzene rings is 2. The van der Waals surface area contributed by atoms with Gasteiger partial charge in [0.25, 0.3) is 0 Å². The molecule has 0 unspecified atom stereocenters. The highest BCUT2D eigenvalue weighted by atomic mass is 16.5. The molecule has 0 N–H and O–H groups in total. The van der Waals surface area contributed by atoms with E-state index in [4.69, 9.17) is 4.74 Å². The second-order valence-corrected chi connectivity index (χ2v) is 7.26. The molecule has 2 aromatic carbocycles. The smallest absolute Gasteiger partial charge is 0.309 e. The van der Waals surface area contributed by atoms with Crippen molar-refractivity contribution in [3.63, 3.8) is 0 Å². The standard InChI is InChI=1S/C22H24O2/c1-24-22(23)21-18-13-12-17(14-18)20(21)19(15-8-4-2-5-9-15)16-10-6-3-7-11-16/h2-11,17-21H,12-14H2,1H3/t17-,18+,20+,21-/m0/s1. The van der Waals surface area contributed by atoms with Crippen molar-refractivity contribution in [3.05, 3.63) is 71.8 Å². The lowest BCUT2D eigenvalue weighted by atomic mass is 9.68. The molecule has 124 valence electrons. The molecule has 2 saturated carbocycles. The van der Waals surface area contributed by atoms with Gasteiger partial charge in [-0.2, -0.15) is 0 Å². The second kappa shape index (κ2) is 6.43. The maximum absolute atomic E-state index is 12.6. The van der Waals surface area contributed by atoms with E-state index in [0.29, 0.717) is 17.8 Å². The average molecular weight is 320 g/mol. The minimum absolute atomic E-state index is 0.0101. The lowest BCUT2D eigenvalue weighted by molar-refractivity contribution is -0.149. The van der Waals surface area contributed by atoms with Crippen LogP contribution in [-0.4, -0.2) is 13.1 Å². The first-order valence-corrected chi connectivity index (χ1v) is 8.97. The summed E-state index contributed by atoms with van der Waals surface area (Å²) in [5.74, 6) is 1.78. The Morgan fingerprint density at radius 2 is 1.46 bits per heavy atom. The Bertz CT molecular complexity index is 655. The fourth-order valence-electron chi connectivity index (χ4n) is 5.26. The SMILES string of the molecule is COC(=O)[C@H]1[C@@H]2CC[C@@H](C2)[C@@H]1C(c1ccccc1)c1ccccc1. The predicted octanol–water partition coefficient (Wildman–Crippen LogP) is 4.65. The highest BCUT2D eigenvalue weighted by molar-refractivity contribution is 5.74. The molecule has 0 amide bonds. The number of fused-ring (bicyclic) bond motifs is 2. The number of hydrogen-bond donors (Lipinski definition) is 0. The summed E-state index contributed by atoms with van der Waals surface area (Å²) in [6.45, 7) is 0. The molecule has 0 saturated heterocycles. The summed E-state index contributed by atoms with van der Waals surface area (Å²) >= 11 is 0. The zero-order valence-corrected chi connectivity index (χ0v) is 14.1. The van der Waals surface area contributed by atoms with Crippen LogP contribution < -0.4 is 0 Å². The Balaban J connectivity index is 1.80. The molecule has 0 aromatic heterocycles. The molecule has 24 heavy (non-hydrogen) atoms. The van der Waals surface area contributed by atoms with E-state index in [0.717, 1.165) is 0 Å². The monoisotopic (exact) mass is 320 g/mol. The molecule has 0 spiro atoms. The highest BCUT2D eigenvalue weighted by Crippen LogP contribution is 2.58. The molecule has 0 aliphatic heterocycles. The Labute approximate surface area is 143 Å². The summed E-state index contributed by atoms with van der Waals surface area (Å²) in [6.07, 6.45) is 3.61. The third kappa shape index (κ3) is 2.54. The lowest BCUT2D eigenvalue weighted by Crippen LogP contribution is -2.34. The zero-order chi connectivity index (χ0) is 16.5. The first kappa shape index (κ1) is 15.4. The quantitative estimate of drug-likeness (QED) is 0.766. The minimum Gasteiger partial charge on any atom is -0.469 e. The van der Waals surface area contributed by atoms with Crippen LogP contribution in [0.15, 0.2) is 60.7 Å². The maximum atomic E-state index is 12.6. The van der Waals surface area contributed by atoms with Crippen molar-refractivity contribution < 1.29 is 9.53 Å². The van der Waals surface area contributed by atoms with Gasteiger partial charge in [0.15, 0.2) is 0 Å². The van der Waals surface area contributed by atoms with Crippen molar-refractivity contribution in [2.45, 2.75) is 25.2 Å². The summed E-state index contributed by atoms with van der Waals surface area (Å²) < 4.78 is 5.20. The largest absolute Gasteiger partial charge is 0.469 e. The molecule has 2 aliphatic carbocycles. The van der Waals surface area contributed by atoms with Crippen LogP contribution >= 0.6 is 0 Å². The zero-order valence-electron chi connectivity index (χ0n) is 14.1. The van der Waals surface area contributed by atoms with E-state index < -0.39 is 0 Å². The Morgan fingerprint density at radius 3 is 2.00 bits per heavy atom. The van der Waals surface area contributed by atoms with E-state index in [9.17, 15) is 4.79 Å². The average Bonchev–Trinajstić information content (AvgIpc) is 3.25. The number of esters is 1. The predicted molar refractivity (Wildman–Crippen MR) is 94.6 cm³/mol. The Hall–Kier alpha value is -2.09. The van der Waals surface area contributed by atoms with Gasteiger partial charge in [0.05, 0.1) is 13.0 Å². The van der Waals surface area contributed by atoms with Crippen LogP contribution in [0.5, 0.6) is 0 Å². The van der Waals surface area contributed by atoms with Crippen LogP contribution in [-0.2, 0) is 9.53 Å². The molecule has 4 atom stereocenters. The van der Waals surface area contributed by atoms with Gasteiger partial charge >= 0.3 is 5.97 Å². The van der Waals surface area contributed by atoms with Crippen molar-refractivity contribution in [2.24, 2.45) is 23.7 Å². The number of hydrogen-bond acceptors (Lipinski definition) is 2. The van der Waals surface area contributed by atoms with Crippen molar-refractivity contribution >= 4 is 5.97 Å². The van der Waals surface area contributed by atoms with Crippen LogP contribution in [0.1, 0.15) is 36.3 Å². The molecule has 0 heterocycles. The lowest BCUT2D eigenvalue weighted by Gasteiger charge is -2.36. The Kier molecular flexibility index (Phi) is 4.13. The normalized spacial score (nSPS) is 28.2. The number of carbonyl (C=O) groups is 1. The van der Waals surface area contributed by atoms with E-state index >= 15 is 0 Å². The molecule has 2 heteroatoms. The minimum atomic E-state index is -0.0101. The molecule has 2 nitrogen and oxygen atoms in total. The fraction of sp³-hybridized carbons (Fsp3) is 0.409. The third-order valence-corrected chi connectivity index (χ3v) is 6.16. The van der Waals surface area contributed by atoms with E-state index in [1.54, 1.807) is 0 Å².